The summed E-state index contributed by atoms with van der Waals surface area (Å²) in [5.74, 6) is 1.68. The maximum absolute atomic E-state index is 12.1. The number of hydrogen-bond donors (Lipinski definition) is 0. The highest BCUT2D eigenvalue weighted by Gasteiger charge is 2.23. The second-order valence-electron chi connectivity index (χ2n) is 5.92. The lowest BCUT2D eigenvalue weighted by atomic mass is 10.2. The maximum Gasteiger partial charge on any atom is 0.310 e. The van der Waals surface area contributed by atoms with E-state index < -0.39 is 10.1 Å². The number of likely N-dealkylation sites (N-methyl/N-ethyl adjacent to an activating group) is 1. The summed E-state index contributed by atoms with van der Waals surface area (Å²) in [6.07, 6.45) is -0.141. The van der Waals surface area contributed by atoms with E-state index in [1.165, 1.54) is 0 Å². The SMILES string of the molecule is CN(CCS(=O)(=O)Oc1ccccc1)C[C@@H]1COc2ccccc2O1. The van der Waals surface area contributed by atoms with E-state index in [4.69, 9.17) is 13.7 Å². The van der Waals surface area contributed by atoms with Crippen LogP contribution in [-0.4, -0.2) is 51.9 Å². The first kappa shape index (κ1) is 17.6. The van der Waals surface area contributed by atoms with Gasteiger partial charge in [-0.2, -0.15) is 8.42 Å². The van der Waals surface area contributed by atoms with Gasteiger partial charge in [0, 0.05) is 13.1 Å². The van der Waals surface area contributed by atoms with Gasteiger partial charge in [0.1, 0.15) is 18.5 Å². The summed E-state index contributed by atoms with van der Waals surface area (Å²) in [5, 5.41) is 0. The molecule has 0 bridgehead atoms. The number of ether oxygens (including phenoxy) is 2. The van der Waals surface area contributed by atoms with Crippen molar-refractivity contribution in [1.29, 1.82) is 0 Å². The monoisotopic (exact) mass is 363 g/mol. The Labute approximate surface area is 148 Å². The van der Waals surface area contributed by atoms with Gasteiger partial charge in [0.25, 0.3) is 0 Å². The van der Waals surface area contributed by atoms with Crippen molar-refractivity contribution in [3.63, 3.8) is 0 Å². The zero-order valence-electron chi connectivity index (χ0n) is 14.0. The average Bonchev–Trinajstić information content (AvgIpc) is 2.60. The molecule has 0 N–H and O–H groups in total. The van der Waals surface area contributed by atoms with Gasteiger partial charge in [-0.15, -0.1) is 0 Å². The van der Waals surface area contributed by atoms with Crippen LogP contribution in [-0.2, 0) is 10.1 Å². The van der Waals surface area contributed by atoms with Gasteiger partial charge >= 0.3 is 10.1 Å². The van der Waals surface area contributed by atoms with E-state index in [9.17, 15) is 8.42 Å². The highest BCUT2D eigenvalue weighted by Crippen LogP contribution is 2.30. The molecule has 0 amide bonds. The van der Waals surface area contributed by atoms with Crippen LogP contribution >= 0.6 is 0 Å². The van der Waals surface area contributed by atoms with Gasteiger partial charge in [0.05, 0.1) is 5.75 Å². The van der Waals surface area contributed by atoms with Crippen molar-refractivity contribution >= 4 is 10.1 Å². The number of hydrogen-bond acceptors (Lipinski definition) is 6. The Balaban J connectivity index is 1.47. The van der Waals surface area contributed by atoms with Gasteiger partial charge in [-0.3, -0.25) is 0 Å². The maximum atomic E-state index is 12.1. The molecule has 2 aromatic rings. The van der Waals surface area contributed by atoms with Crippen molar-refractivity contribution in [3.05, 3.63) is 54.6 Å². The molecule has 1 heterocycles. The number of fused-ring (bicyclic) bond motifs is 1. The van der Waals surface area contributed by atoms with Crippen LogP contribution in [0.4, 0.5) is 0 Å². The zero-order chi connectivity index (χ0) is 17.7. The van der Waals surface area contributed by atoms with E-state index in [2.05, 4.69) is 0 Å². The Morgan fingerprint density at radius 2 is 1.76 bits per heavy atom. The van der Waals surface area contributed by atoms with Gasteiger partial charge in [-0.05, 0) is 31.3 Å². The largest absolute Gasteiger partial charge is 0.486 e. The van der Waals surface area contributed by atoms with E-state index in [-0.39, 0.29) is 11.9 Å². The van der Waals surface area contributed by atoms with Crippen molar-refractivity contribution in [2.45, 2.75) is 6.10 Å². The standard InChI is InChI=1S/C18H21NO5S/c1-19(11-12-25(20,21)24-15-7-3-2-4-8-15)13-16-14-22-17-9-5-6-10-18(17)23-16/h2-10,16H,11-14H2,1H3/t16-/m1/s1. The molecule has 0 aromatic heterocycles. The number of nitrogens with zero attached hydrogens (tertiary/aromatic N) is 1. The van der Waals surface area contributed by atoms with Crippen molar-refractivity contribution < 1.29 is 22.1 Å². The first-order chi connectivity index (χ1) is 12.0. The minimum Gasteiger partial charge on any atom is -0.486 e. The molecule has 3 rings (SSSR count). The van der Waals surface area contributed by atoms with Crippen LogP contribution in [0.15, 0.2) is 54.6 Å². The summed E-state index contributed by atoms with van der Waals surface area (Å²) in [7, 11) is -1.78. The minimum atomic E-state index is -3.63. The summed E-state index contributed by atoms with van der Waals surface area (Å²) in [5.41, 5.74) is 0. The smallest absolute Gasteiger partial charge is 0.310 e. The molecule has 6 nitrogen and oxygen atoms in total. The fraction of sp³-hybridized carbons (Fsp3) is 0.333. The van der Waals surface area contributed by atoms with Crippen LogP contribution in [0, 0.1) is 0 Å². The molecule has 0 spiro atoms. The number of benzene rings is 2. The number of rotatable bonds is 7. The van der Waals surface area contributed by atoms with Crippen LogP contribution in [0.5, 0.6) is 17.2 Å². The molecule has 0 saturated carbocycles. The summed E-state index contributed by atoms with van der Waals surface area (Å²) in [6.45, 7) is 1.35. The summed E-state index contributed by atoms with van der Waals surface area (Å²) in [6, 6.07) is 16.0. The van der Waals surface area contributed by atoms with Crippen LogP contribution in [0.3, 0.4) is 0 Å². The van der Waals surface area contributed by atoms with Gasteiger partial charge < -0.3 is 18.6 Å². The molecule has 134 valence electrons. The van der Waals surface area contributed by atoms with E-state index in [1.54, 1.807) is 30.3 Å². The number of para-hydroxylation sites is 3. The van der Waals surface area contributed by atoms with Gasteiger partial charge in [0.2, 0.25) is 0 Å². The lowest BCUT2D eigenvalue weighted by Crippen LogP contribution is -2.41. The third-order valence-electron chi connectivity index (χ3n) is 3.77. The molecular formula is C18H21NO5S. The molecule has 1 aliphatic heterocycles. The Hall–Kier alpha value is -2.25. The first-order valence-electron chi connectivity index (χ1n) is 8.06. The normalized spacial score (nSPS) is 16.6. The fourth-order valence-electron chi connectivity index (χ4n) is 2.52. The van der Waals surface area contributed by atoms with Crippen molar-refractivity contribution in [1.82, 2.24) is 4.90 Å². The quantitative estimate of drug-likeness (QED) is 0.703. The minimum absolute atomic E-state index is 0.0947. The van der Waals surface area contributed by atoms with Gasteiger partial charge in [-0.25, -0.2) is 0 Å². The third kappa shape index (κ3) is 5.11. The second kappa shape index (κ2) is 7.76. The predicted molar refractivity (Wildman–Crippen MR) is 94.7 cm³/mol. The molecule has 0 aliphatic carbocycles. The lowest BCUT2D eigenvalue weighted by molar-refractivity contribution is 0.0668. The Morgan fingerprint density at radius 1 is 1.08 bits per heavy atom. The van der Waals surface area contributed by atoms with Crippen molar-refractivity contribution in [3.8, 4) is 17.2 Å². The molecule has 7 heteroatoms. The summed E-state index contributed by atoms with van der Waals surface area (Å²) >= 11 is 0. The second-order valence-corrected chi connectivity index (χ2v) is 7.61. The van der Waals surface area contributed by atoms with Crippen LogP contribution < -0.4 is 13.7 Å². The van der Waals surface area contributed by atoms with Gasteiger partial charge in [-0.1, -0.05) is 30.3 Å². The molecule has 0 unspecified atom stereocenters. The molecule has 2 aromatic carbocycles. The van der Waals surface area contributed by atoms with E-state index in [1.807, 2.05) is 36.2 Å². The highest BCUT2D eigenvalue weighted by molar-refractivity contribution is 7.87. The molecule has 1 aliphatic rings. The topological polar surface area (TPSA) is 65.1 Å². The van der Waals surface area contributed by atoms with Crippen molar-refractivity contribution in [2.75, 3.05) is 32.5 Å². The van der Waals surface area contributed by atoms with Crippen LogP contribution in [0.25, 0.3) is 0 Å². The molecule has 0 radical (unpaired) electrons. The molecule has 0 fully saturated rings. The van der Waals surface area contributed by atoms with E-state index >= 15 is 0 Å². The first-order valence-corrected chi connectivity index (χ1v) is 9.64. The molecule has 25 heavy (non-hydrogen) atoms. The van der Waals surface area contributed by atoms with E-state index in [0.717, 1.165) is 5.75 Å². The Kier molecular flexibility index (Phi) is 5.45. The van der Waals surface area contributed by atoms with Crippen LogP contribution in [0.1, 0.15) is 0 Å². The lowest BCUT2D eigenvalue weighted by Gasteiger charge is -2.29. The Bertz CT molecular complexity index is 794. The highest BCUT2D eigenvalue weighted by atomic mass is 32.2. The molecule has 0 saturated heterocycles. The van der Waals surface area contributed by atoms with Gasteiger partial charge in [0.15, 0.2) is 11.5 Å². The molecule has 1 atom stereocenters. The fourth-order valence-corrected chi connectivity index (χ4v) is 3.55. The van der Waals surface area contributed by atoms with Crippen LogP contribution in [0.2, 0.25) is 0 Å². The Morgan fingerprint density at radius 3 is 2.52 bits per heavy atom. The summed E-state index contributed by atoms with van der Waals surface area (Å²) < 4.78 is 40.7. The summed E-state index contributed by atoms with van der Waals surface area (Å²) in [4.78, 5) is 1.90. The molecular weight excluding hydrogens is 342 g/mol. The van der Waals surface area contributed by atoms with Crippen molar-refractivity contribution in [2.24, 2.45) is 0 Å². The third-order valence-corrected chi connectivity index (χ3v) is 4.90. The average molecular weight is 363 g/mol. The predicted octanol–water partition coefficient (Wildman–Crippen LogP) is 2.17. The zero-order valence-corrected chi connectivity index (χ0v) is 14.8. The van der Waals surface area contributed by atoms with E-state index in [0.29, 0.717) is 31.2 Å².